The zero-order valence-corrected chi connectivity index (χ0v) is 14.5. The molecule has 2 rings (SSSR count). The minimum absolute atomic E-state index is 0.0493. The van der Waals surface area contributed by atoms with Gasteiger partial charge in [-0.3, -0.25) is 9.59 Å². The summed E-state index contributed by atoms with van der Waals surface area (Å²) in [6.07, 6.45) is 0.0493. The van der Waals surface area contributed by atoms with E-state index < -0.39 is 5.97 Å². The number of hydrogen-bond donors (Lipinski definition) is 1. The quantitative estimate of drug-likeness (QED) is 0.583. The molecule has 0 aliphatic heterocycles. The number of benzene rings is 1. The van der Waals surface area contributed by atoms with Crippen molar-refractivity contribution in [2.24, 2.45) is 0 Å². The van der Waals surface area contributed by atoms with Crippen LogP contribution >= 0.6 is 11.3 Å². The standard InChI is InChI=1S/C17H20N2O4S/c1-12-4-3-5-13(8-12)17-19-14(11-24-17)9-16(21)23-10-15(20)18-6-7-22-2/h3-5,8,11H,6-7,9-10H2,1-2H3,(H,18,20). The minimum Gasteiger partial charge on any atom is -0.455 e. The van der Waals surface area contributed by atoms with Crippen LogP contribution in [0.4, 0.5) is 0 Å². The largest absolute Gasteiger partial charge is 0.455 e. The van der Waals surface area contributed by atoms with Crippen LogP contribution in [0.25, 0.3) is 10.6 Å². The Morgan fingerprint density at radius 3 is 2.92 bits per heavy atom. The van der Waals surface area contributed by atoms with Crippen LogP contribution in [0.2, 0.25) is 0 Å². The lowest BCUT2D eigenvalue weighted by Gasteiger charge is -2.05. The van der Waals surface area contributed by atoms with Gasteiger partial charge in [-0.25, -0.2) is 4.98 Å². The summed E-state index contributed by atoms with van der Waals surface area (Å²) in [5.74, 6) is -0.822. The lowest BCUT2D eigenvalue weighted by molar-refractivity contribution is -0.147. The summed E-state index contributed by atoms with van der Waals surface area (Å²) < 4.78 is 9.76. The number of methoxy groups -OCH3 is 1. The van der Waals surface area contributed by atoms with Crippen LogP contribution in [0.1, 0.15) is 11.3 Å². The van der Waals surface area contributed by atoms with Gasteiger partial charge in [0, 0.05) is 24.6 Å². The van der Waals surface area contributed by atoms with Crippen LogP contribution in [-0.4, -0.2) is 43.7 Å². The maximum atomic E-state index is 11.8. The normalized spacial score (nSPS) is 10.4. The first kappa shape index (κ1) is 18.1. The van der Waals surface area contributed by atoms with E-state index in [1.165, 1.54) is 11.3 Å². The van der Waals surface area contributed by atoms with Gasteiger partial charge in [0.25, 0.3) is 5.91 Å². The summed E-state index contributed by atoms with van der Waals surface area (Å²) in [6, 6.07) is 8.03. The van der Waals surface area contributed by atoms with Crippen molar-refractivity contribution in [3.63, 3.8) is 0 Å². The zero-order chi connectivity index (χ0) is 17.4. The molecule has 0 atom stereocenters. The second-order valence-electron chi connectivity index (χ2n) is 5.19. The Bertz CT molecular complexity index is 699. The molecule has 0 spiro atoms. The molecule has 24 heavy (non-hydrogen) atoms. The maximum Gasteiger partial charge on any atom is 0.312 e. The van der Waals surface area contributed by atoms with Crippen LogP contribution < -0.4 is 5.32 Å². The van der Waals surface area contributed by atoms with Gasteiger partial charge >= 0.3 is 5.97 Å². The Balaban J connectivity index is 1.81. The summed E-state index contributed by atoms with van der Waals surface area (Å²) in [7, 11) is 1.55. The van der Waals surface area contributed by atoms with E-state index in [0.717, 1.165) is 16.1 Å². The molecule has 1 heterocycles. The summed E-state index contributed by atoms with van der Waals surface area (Å²) in [4.78, 5) is 27.7. The lowest BCUT2D eigenvalue weighted by Crippen LogP contribution is -2.31. The number of nitrogens with zero attached hydrogens (tertiary/aromatic N) is 1. The minimum atomic E-state index is -0.474. The van der Waals surface area contributed by atoms with Crippen LogP contribution in [0.3, 0.4) is 0 Å². The van der Waals surface area contributed by atoms with Gasteiger partial charge in [-0.05, 0) is 13.0 Å². The number of hydrogen-bond acceptors (Lipinski definition) is 6. The Morgan fingerprint density at radius 2 is 2.17 bits per heavy atom. The summed E-state index contributed by atoms with van der Waals surface area (Å²) >= 11 is 1.48. The second-order valence-corrected chi connectivity index (χ2v) is 6.05. The number of esters is 1. The smallest absolute Gasteiger partial charge is 0.312 e. The molecule has 0 saturated heterocycles. The van der Waals surface area contributed by atoms with Crippen LogP contribution in [0.15, 0.2) is 29.6 Å². The number of aryl methyl sites for hydroxylation is 1. The number of amides is 1. The number of thiazole rings is 1. The van der Waals surface area contributed by atoms with Gasteiger partial charge in [0.15, 0.2) is 6.61 Å². The highest BCUT2D eigenvalue weighted by Crippen LogP contribution is 2.24. The molecule has 0 aliphatic rings. The molecule has 0 saturated carbocycles. The predicted octanol–water partition coefficient (Wildman–Crippen LogP) is 1.97. The SMILES string of the molecule is COCCNC(=O)COC(=O)Cc1csc(-c2cccc(C)c2)n1. The molecule has 1 aromatic carbocycles. The van der Waals surface area contributed by atoms with Gasteiger partial charge in [-0.2, -0.15) is 0 Å². The summed E-state index contributed by atoms with van der Waals surface area (Å²) in [5.41, 5.74) is 2.82. The number of aromatic nitrogens is 1. The van der Waals surface area contributed by atoms with E-state index in [4.69, 9.17) is 9.47 Å². The first-order chi connectivity index (χ1) is 11.6. The van der Waals surface area contributed by atoms with Crippen molar-refractivity contribution in [1.29, 1.82) is 0 Å². The van der Waals surface area contributed by atoms with Crippen molar-refractivity contribution in [2.75, 3.05) is 26.9 Å². The van der Waals surface area contributed by atoms with E-state index in [1.54, 1.807) is 7.11 Å². The van der Waals surface area contributed by atoms with E-state index in [2.05, 4.69) is 10.3 Å². The van der Waals surface area contributed by atoms with Gasteiger partial charge < -0.3 is 14.8 Å². The molecule has 0 bridgehead atoms. The number of carbonyl (C=O) groups excluding carboxylic acids is 2. The van der Waals surface area contributed by atoms with Crippen LogP contribution in [0, 0.1) is 6.92 Å². The number of carbonyl (C=O) groups is 2. The van der Waals surface area contributed by atoms with Gasteiger partial charge in [0.1, 0.15) is 5.01 Å². The van der Waals surface area contributed by atoms with Crippen molar-refractivity contribution in [3.8, 4) is 10.6 Å². The first-order valence-electron chi connectivity index (χ1n) is 7.51. The zero-order valence-electron chi connectivity index (χ0n) is 13.7. The van der Waals surface area contributed by atoms with E-state index in [9.17, 15) is 9.59 Å². The predicted molar refractivity (Wildman–Crippen MR) is 91.8 cm³/mol. The average Bonchev–Trinajstić information content (AvgIpc) is 3.02. The van der Waals surface area contributed by atoms with Crippen molar-refractivity contribution in [3.05, 3.63) is 40.9 Å². The van der Waals surface area contributed by atoms with Gasteiger partial charge in [0.2, 0.25) is 0 Å². The molecule has 1 aromatic heterocycles. The fourth-order valence-corrected chi connectivity index (χ4v) is 2.80. The fourth-order valence-electron chi connectivity index (χ4n) is 1.99. The molecule has 6 nitrogen and oxygen atoms in total. The Morgan fingerprint density at radius 1 is 1.33 bits per heavy atom. The van der Waals surface area contributed by atoms with E-state index in [1.807, 2.05) is 36.6 Å². The molecule has 7 heteroatoms. The molecule has 1 N–H and O–H groups in total. The Kier molecular flexibility index (Phi) is 6.89. The molecule has 0 unspecified atom stereocenters. The van der Waals surface area contributed by atoms with Gasteiger partial charge in [-0.15, -0.1) is 11.3 Å². The summed E-state index contributed by atoms with van der Waals surface area (Å²) in [5, 5.41) is 5.27. The van der Waals surface area contributed by atoms with Crippen molar-refractivity contribution >= 4 is 23.2 Å². The highest BCUT2D eigenvalue weighted by molar-refractivity contribution is 7.13. The molecule has 128 valence electrons. The molecular formula is C17H20N2O4S. The molecule has 0 aliphatic carbocycles. The molecule has 0 fully saturated rings. The molecule has 1 amide bonds. The van der Waals surface area contributed by atoms with Gasteiger partial charge in [0.05, 0.1) is 18.7 Å². The van der Waals surface area contributed by atoms with Crippen molar-refractivity contribution in [2.45, 2.75) is 13.3 Å². The van der Waals surface area contributed by atoms with E-state index in [0.29, 0.717) is 18.8 Å². The maximum absolute atomic E-state index is 11.8. The molecular weight excluding hydrogens is 328 g/mol. The third kappa shape index (κ3) is 5.75. The second kappa shape index (κ2) is 9.14. The molecule has 0 radical (unpaired) electrons. The van der Waals surface area contributed by atoms with Crippen LogP contribution in [0.5, 0.6) is 0 Å². The lowest BCUT2D eigenvalue weighted by atomic mass is 10.1. The van der Waals surface area contributed by atoms with E-state index in [-0.39, 0.29) is 18.9 Å². The van der Waals surface area contributed by atoms with Crippen molar-refractivity contribution < 1.29 is 19.1 Å². The Hall–Kier alpha value is -2.25. The Labute approximate surface area is 144 Å². The third-order valence-corrected chi connectivity index (χ3v) is 4.08. The monoisotopic (exact) mass is 348 g/mol. The highest BCUT2D eigenvalue weighted by atomic mass is 32.1. The van der Waals surface area contributed by atoms with E-state index >= 15 is 0 Å². The van der Waals surface area contributed by atoms with Gasteiger partial charge in [-0.1, -0.05) is 23.8 Å². The average molecular weight is 348 g/mol. The fraction of sp³-hybridized carbons (Fsp3) is 0.353. The number of ether oxygens (including phenoxy) is 2. The van der Waals surface area contributed by atoms with Crippen LogP contribution in [-0.2, 0) is 25.5 Å². The molecule has 2 aromatic rings. The number of rotatable bonds is 8. The third-order valence-electron chi connectivity index (χ3n) is 3.13. The summed E-state index contributed by atoms with van der Waals surface area (Å²) in [6.45, 7) is 2.53. The van der Waals surface area contributed by atoms with Crippen molar-refractivity contribution in [1.82, 2.24) is 10.3 Å². The first-order valence-corrected chi connectivity index (χ1v) is 8.39. The number of nitrogens with one attached hydrogen (secondary N) is 1. The highest BCUT2D eigenvalue weighted by Gasteiger charge is 2.12. The topological polar surface area (TPSA) is 77.5 Å².